The van der Waals surface area contributed by atoms with Gasteiger partial charge in [-0.15, -0.1) is 11.3 Å². The van der Waals surface area contributed by atoms with E-state index in [2.05, 4.69) is 20.3 Å². The lowest BCUT2D eigenvalue weighted by molar-refractivity contribution is -0.114. The number of azide groups is 1. The standard InChI is InChI=1S/C14H15N5O2S/c1-9(20)17-14-18-13(12(22-14)7-8-16-19-15)10-3-5-11(21-2)6-4-10/h3-6H,7-8H2,1-2H3,(H,17,18,20). The van der Waals surface area contributed by atoms with Crippen LogP contribution in [0.2, 0.25) is 0 Å². The Morgan fingerprint density at radius 2 is 2.18 bits per heavy atom. The SMILES string of the molecule is COc1ccc(-c2nc(NC(C)=O)sc2CCN=[N+]=[N-])cc1. The molecule has 2 aromatic rings. The smallest absolute Gasteiger partial charge is 0.223 e. The van der Waals surface area contributed by atoms with Crippen molar-refractivity contribution in [1.82, 2.24) is 4.98 Å². The zero-order valence-electron chi connectivity index (χ0n) is 12.2. The fraction of sp³-hybridized carbons (Fsp3) is 0.286. The minimum Gasteiger partial charge on any atom is -0.497 e. The molecule has 0 aliphatic heterocycles. The van der Waals surface area contributed by atoms with Gasteiger partial charge >= 0.3 is 0 Å². The second kappa shape index (κ2) is 7.44. The van der Waals surface area contributed by atoms with Gasteiger partial charge in [0.25, 0.3) is 0 Å². The number of hydrogen-bond acceptors (Lipinski definition) is 5. The first-order valence-electron chi connectivity index (χ1n) is 6.56. The summed E-state index contributed by atoms with van der Waals surface area (Å²) in [5.74, 6) is 0.591. The Labute approximate surface area is 131 Å². The van der Waals surface area contributed by atoms with E-state index in [-0.39, 0.29) is 5.91 Å². The van der Waals surface area contributed by atoms with E-state index in [1.165, 1.54) is 18.3 Å². The van der Waals surface area contributed by atoms with E-state index in [1.54, 1.807) is 7.11 Å². The highest BCUT2D eigenvalue weighted by atomic mass is 32.1. The summed E-state index contributed by atoms with van der Waals surface area (Å²) in [4.78, 5) is 19.4. The lowest BCUT2D eigenvalue weighted by Gasteiger charge is -2.03. The minimum atomic E-state index is -0.170. The maximum absolute atomic E-state index is 11.2. The molecule has 22 heavy (non-hydrogen) atoms. The molecule has 0 aliphatic carbocycles. The zero-order chi connectivity index (χ0) is 15.9. The summed E-state index contributed by atoms with van der Waals surface area (Å²) < 4.78 is 5.14. The Kier molecular flexibility index (Phi) is 5.35. The molecule has 1 amide bonds. The highest BCUT2D eigenvalue weighted by molar-refractivity contribution is 7.16. The molecular weight excluding hydrogens is 302 g/mol. The molecule has 2 rings (SSSR count). The monoisotopic (exact) mass is 317 g/mol. The number of hydrogen-bond donors (Lipinski definition) is 1. The highest BCUT2D eigenvalue weighted by Gasteiger charge is 2.13. The molecule has 7 nitrogen and oxygen atoms in total. The number of nitrogens with zero attached hydrogens (tertiary/aromatic N) is 4. The average molecular weight is 317 g/mol. The first-order chi connectivity index (χ1) is 10.6. The van der Waals surface area contributed by atoms with E-state index in [0.29, 0.717) is 18.1 Å². The molecule has 0 saturated carbocycles. The molecule has 0 atom stereocenters. The number of carbonyl (C=O) groups is 1. The van der Waals surface area contributed by atoms with Crippen LogP contribution in [-0.4, -0.2) is 24.5 Å². The molecule has 8 heteroatoms. The molecule has 1 aromatic carbocycles. The van der Waals surface area contributed by atoms with E-state index in [1.807, 2.05) is 24.3 Å². The number of nitrogens with one attached hydrogen (secondary N) is 1. The topological polar surface area (TPSA) is 100.0 Å². The molecule has 1 aromatic heterocycles. The molecule has 0 saturated heterocycles. The van der Waals surface area contributed by atoms with Crippen molar-refractivity contribution in [3.05, 3.63) is 39.6 Å². The van der Waals surface area contributed by atoms with Crippen LogP contribution in [-0.2, 0) is 11.2 Å². The summed E-state index contributed by atoms with van der Waals surface area (Å²) in [6, 6.07) is 7.51. The van der Waals surface area contributed by atoms with Crippen LogP contribution >= 0.6 is 11.3 Å². The predicted molar refractivity (Wildman–Crippen MR) is 86.1 cm³/mol. The van der Waals surface area contributed by atoms with Crippen LogP contribution in [0.25, 0.3) is 21.7 Å². The number of benzene rings is 1. The van der Waals surface area contributed by atoms with Gasteiger partial charge in [-0.25, -0.2) is 4.98 Å². The molecule has 0 unspecified atom stereocenters. The maximum Gasteiger partial charge on any atom is 0.223 e. The molecule has 0 bridgehead atoms. The Balaban J connectivity index is 2.34. The highest BCUT2D eigenvalue weighted by Crippen LogP contribution is 2.32. The Hall–Kier alpha value is -2.57. The third-order valence-electron chi connectivity index (χ3n) is 2.85. The molecule has 0 aliphatic rings. The zero-order valence-corrected chi connectivity index (χ0v) is 13.1. The van der Waals surface area contributed by atoms with Gasteiger partial charge < -0.3 is 10.1 Å². The predicted octanol–water partition coefficient (Wildman–Crippen LogP) is 3.63. The van der Waals surface area contributed by atoms with Gasteiger partial charge in [0.1, 0.15) is 5.75 Å². The molecule has 114 valence electrons. The third-order valence-corrected chi connectivity index (χ3v) is 3.88. The Bertz CT molecular complexity index is 705. The van der Waals surface area contributed by atoms with Crippen LogP contribution in [0.4, 0.5) is 5.13 Å². The number of methoxy groups -OCH3 is 1. The van der Waals surface area contributed by atoms with Crippen molar-refractivity contribution >= 4 is 22.4 Å². The van der Waals surface area contributed by atoms with Crippen LogP contribution in [0, 0.1) is 0 Å². The average Bonchev–Trinajstić information content (AvgIpc) is 2.89. The molecule has 1 heterocycles. The molecule has 0 spiro atoms. The van der Waals surface area contributed by atoms with Crippen molar-refractivity contribution in [2.24, 2.45) is 5.11 Å². The fourth-order valence-electron chi connectivity index (χ4n) is 1.90. The number of anilines is 1. The second-order valence-electron chi connectivity index (χ2n) is 4.40. The van der Waals surface area contributed by atoms with E-state index < -0.39 is 0 Å². The molecule has 0 radical (unpaired) electrons. The first kappa shape index (κ1) is 15.8. The summed E-state index contributed by atoms with van der Waals surface area (Å²) in [7, 11) is 1.61. The van der Waals surface area contributed by atoms with Gasteiger partial charge in [0.05, 0.1) is 12.8 Å². The fourth-order valence-corrected chi connectivity index (χ4v) is 2.91. The Morgan fingerprint density at radius 3 is 2.77 bits per heavy atom. The summed E-state index contributed by atoms with van der Waals surface area (Å²) in [6.07, 6.45) is 0.572. The minimum absolute atomic E-state index is 0.170. The normalized spacial score (nSPS) is 9.91. The Morgan fingerprint density at radius 1 is 1.45 bits per heavy atom. The lowest BCUT2D eigenvalue weighted by Crippen LogP contribution is -2.04. The van der Waals surface area contributed by atoms with Crippen molar-refractivity contribution in [2.45, 2.75) is 13.3 Å². The molecular formula is C14H15N5O2S. The van der Waals surface area contributed by atoms with Gasteiger partial charge in [-0.1, -0.05) is 5.11 Å². The van der Waals surface area contributed by atoms with Gasteiger partial charge in [0.15, 0.2) is 5.13 Å². The van der Waals surface area contributed by atoms with Crippen LogP contribution in [0.5, 0.6) is 5.75 Å². The van der Waals surface area contributed by atoms with Crippen molar-refractivity contribution in [3.63, 3.8) is 0 Å². The van der Waals surface area contributed by atoms with Crippen LogP contribution in [0.1, 0.15) is 11.8 Å². The summed E-state index contributed by atoms with van der Waals surface area (Å²) in [5, 5.41) is 6.78. The van der Waals surface area contributed by atoms with Crippen LogP contribution < -0.4 is 10.1 Å². The number of thiazole rings is 1. The van der Waals surface area contributed by atoms with E-state index in [0.717, 1.165) is 21.9 Å². The summed E-state index contributed by atoms with van der Waals surface area (Å²) in [6.45, 7) is 1.79. The largest absolute Gasteiger partial charge is 0.497 e. The molecule has 1 N–H and O–H groups in total. The van der Waals surface area contributed by atoms with Crippen molar-refractivity contribution < 1.29 is 9.53 Å². The van der Waals surface area contributed by atoms with Crippen molar-refractivity contribution in [1.29, 1.82) is 0 Å². The van der Waals surface area contributed by atoms with Crippen molar-refractivity contribution in [2.75, 3.05) is 19.0 Å². The number of amides is 1. The van der Waals surface area contributed by atoms with Gasteiger partial charge in [-0.05, 0) is 36.2 Å². The second-order valence-corrected chi connectivity index (χ2v) is 5.49. The van der Waals surface area contributed by atoms with E-state index in [4.69, 9.17) is 10.3 Å². The summed E-state index contributed by atoms with van der Waals surface area (Å²) >= 11 is 1.39. The first-order valence-corrected chi connectivity index (χ1v) is 7.38. The summed E-state index contributed by atoms with van der Waals surface area (Å²) in [5.41, 5.74) is 10.1. The van der Waals surface area contributed by atoms with E-state index in [9.17, 15) is 4.79 Å². The third kappa shape index (κ3) is 3.97. The van der Waals surface area contributed by atoms with Gasteiger partial charge in [-0.2, -0.15) is 0 Å². The van der Waals surface area contributed by atoms with Crippen LogP contribution in [0.3, 0.4) is 0 Å². The number of aromatic nitrogens is 1. The lowest BCUT2D eigenvalue weighted by atomic mass is 10.1. The number of carbonyl (C=O) groups excluding carboxylic acids is 1. The molecule has 0 fully saturated rings. The quantitative estimate of drug-likeness (QED) is 0.500. The van der Waals surface area contributed by atoms with Crippen LogP contribution in [0.15, 0.2) is 29.4 Å². The van der Waals surface area contributed by atoms with Crippen molar-refractivity contribution in [3.8, 4) is 17.0 Å². The maximum atomic E-state index is 11.2. The van der Waals surface area contributed by atoms with Gasteiger partial charge in [-0.3, -0.25) is 4.79 Å². The number of ether oxygens (including phenoxy) is 1. The number of rotatable bonds is 6. The van der Waals surface area contributed by atoms with Gasteiger partial charge in [0, 0.05) is 28.8 Å². The van der Waals surface area contributed by atoms with Gasteiger partial charge in [0.2, 0.25) is 5.91 Å². The van der Waals surface area contributed by atoms with E-state index >= 15 is 0 Å².